The first-order chi connectivity index (χ1) is 14.4. The Kier molecular flexibility index (Phi) is 5.53. The van der Waals surface area contributed by atoms with Crippen LogP contribution < -0.4 is 0 Å². The number of rotatable bonds is 4. The first-order valence-electron chi connectivity index (χ1n) is 10.4. The third-order valence-electron chi connectivity index (χ3n) is 5.99. The monoisotopic (exact) mass is 414 g/mol. The Bertz CT molecular complexity index is 1230. The summed E-state index contributed by atoms with van der Waals surface area (Å²) in [4.78, 5) is 0. The van der Waals surface area contributed by atoms with Crippen LogP contribution in [0.5, 0.6) is 0 Å². The molecule has 0 spiro atoms. The minimum absolute atomic E-state index is 0.687. The first-order valence-corrected chi connectivity index (χ1v) is 10.8. The van der Waals surface area contributed by atoms with E-state index in [0.717, 1.165) is 34.6 Å². The van der Waals surface area contributed by atoms with E-state index >= 15 is 0 Å². The Morgan fingerprint density at radius 2 is 1.37 bits per heavy atom. The first kappa shape index (κ1) is 20.4. The summed E-state index contributed by atoms with van der Waals surface area (Å²) in [7, 11) is 0. The molecule has 0 saturated heterocycles. The molecule has 1 aromatic heterocycles. The van der Waals surface area contributed by atoms with Gasteiger partial charge in [0.25, 0.3) is 0 Å². The highest BCUT2D eigenvalue weighted by molar-refractivity contribution is 6.35. The van der Waals surface area contributed by atoms with Crippen LogP contribution in [0.1, 0.15) is 34.7 Å². The third-order valence-corrected chi connectivity index (χ3v) is 6.35. The number of nitrogens with zero attached hydrogens (tertiary/aromatic N) is 2. The summed E-state index contributed by atoms with van der Waals surface area (Å²) in [6.07, 6.45) is 0.930. The summed E-state index contributed by atoms with van der Waals surface area (Å²) in [6.45, 7) is 10.7. The number of aryl methyl sites for hydroxylation is 5. The van der Waals surface area contributed by atoms with Gasteiger partial charge < -0.3 is 0 Å². The van der Waals surface area contributed by atoms with Crippen LogP contribution in [0.2, 0.25) is 5.02 Å². The highest BCUT2D eigenvalue weighted by Crippen LogP contribution is 2.39. The molecule has 0 saturated carbocycles. The Labute approximate surface area is 184 Å². The van der Waals surface area contributed by atoms with Crippen LogP contribution in [0, 0.1) is 27.7 Å². The van der Waals surface area contributed by atoms with Gasteiger partial charge in [0.15, 0.2) is 0 Å². The van der Waals surface area contributed by atoms with Crippen molar-refractivity contribution in [2.24, 2.45) is 0 Å². The predicted molar refractivity (Wildman–Crippen MR) is 128 cm³/mol. The zero-order valence-corrected chi connectivity index (χ0v) is 19.0. The zero-order valence-electron chi connectivity index (χ0n) is 18.3. The zero-order chi connectivity index (χ0) is 21.4. The third kappa shape index (κ3) is 3.57. The van der Waals surface area contributed by atoms with E-state index in [1.807, 2.05) is 4.68 Å². The SMILES string of the molecule is CCc1ccccc1-n1nc(-c2ccc(C)c(C)c2)c(Cl)c1-c1ccc(C)c(C)c1. The average Bonchev–Trinajstić information content (AvgIpc) is 3.09. The van der Waals surface area contributed by atoms with Gasteiger partial charge in [-0.3, -0.25) is 0 Å². The van der Waals surface area contributed by atoms with E-state index in [4.69, 9.17) is 16.7 Å². The van der Waals surface area contributed by atoms with Crippen molar-refractivity contribution in [1.82, 2.24) is 9.78 Å². The van der Waals surface area contributed by atoms with Crippen molar-refractivity contribution in [3.63, 3.8) is 0 Å². The maximum absolute atomic E-state index is 7.04. The largest absolute Gasteiger partial charge is 0.231 e. The quantitative estimate of drug-likeness (QED) is 0.335. The van der Waals surface area contributed by atoms with Crippen molar-refractivity contribution < 1.29 is 0 Å². The molecule has 0 N–H and O–H groups in total. The Balaban J connectivity index is 2.02. The summed E-state index contributed by atoms with van der Waals surface area (Å²) < 4.78 is 2.02. The molecule has 0 atom stereocenters. The van der Waals surface area contributed by atoms with Gasteiger partial charge in [-0.2, -0.15) is 5.10 Å². The summed E-state index contributed by atoms with van der Waals surface area (Å²) in [5.74, 6) is 0. The van der Waals surface area contributed by atoms with E-state index in [0.29, 0.717) is 5.02 Å². The lowest BCUT2D eigenvalue weighted by atomic mass is 10.0. The van der Waals surface area contributed by atoms with Gasteiger partial charge in [0.05, 0.1) is 16.4 Å². The molecule has 3 aromatic carbocycles. The lowest BCUT2D eigenvalue weighted by molar-refractivity contribution is 0.873. The topological polar surface area (TPSA) is 17.8 Å². The Hall–Kier alpha value is -2.84. The average molecular weight is 415 g/mol. The number of benzene rings is 3. The Morgan fingerprint density at radius 3 is 2.00 bits per heavy atom. The van der Waals surface area contributed by atoms with Gasteiger partial charge in [0.1, 0.15) is 5.69 Å². The fourth-order valence-electron chi connectivity index (χ4n) is 3.80. The summed E-state index contributed by atoms with van der Waals surface area (Å²) in [6, 6.07) is 21.3. The van der Waals surface area contributed by atoms with Crippen molar-refractivity contribution >= 4 is 11.6 Å². The van der Waals surface area contributed by atoms with Gasteiger partial charge >= 0.3 is 0 Å². The van der Waals surface area contributed by atoms with Gasteiger partial charge in [-0.15, -0.1) is 0 Å². The lowest BCUT2D eigenvalue weighted by Gasteiger charge is -2.13. The minimum Gasteiger partial charge on any atom is -0.231 e. The van der Waals surface area contributed by atoms with Crippen molar-refractivity contribution in [3.8, 4) is 28.2 Å². The predicted octanol–water partition coefficient (Wildman–Crippen LogP) is 7.66. The Morgan fingerprint density at radius 1 is 0.767 bits per heavy atom. The molecule has 0 radical (unpaired) electrons. The van der Waals surface area contributed by atoms with Crippen molar-refractivity contribution in [1.29, 1.82) is 0 Å². The molecule has 4 rings (SSSR count). The highest BCUT2D eigenvalue weighted by atomic mass is 35.5. The van der Waals surface area contributed by atoms with E-state index in [1.54, 1.807) is 0 Å². The second-order valence-corrected chi connectivity index (χ2v) is 8.38. The minimum atomic E-state index is 0.687. The van der Waals surface area contributed by atoms with Crippen LogP contribution in [0.3, 0.4) is 0 Å². The maximum Gasteiger partial charge on any atom is 0.112 e. The molecule has 152 valence electrons. The van der Waals surface area contributed by atoms with Crippen molar-refractivity contribution in [3.05, 3.63) is 93.5 Å². The molecule has 0 bridgehead atoms. The molecule has 4 aromatic rings. The fourth-order valence-corrected chi connectivity index (χ4v) is 4.14. The molecule has 30 heavy (non-hydrogen) atoms. The van der Waals surface area contributed by atoms with E-state index in [2.05, 4.69) is 95.3 Å². The summed E-state index contributed by atoms with van der Waals surface area (Å²) >= 11 is 7.04. The maximum atomic E-state index is 7.04. The molecule has 0 amide bonds. The van der Waals surface area contributed by atoms with Crippen molar-refractivity contribution in [2.75, 3.05) is 0 Å². The number of aromatic nitrogens is 2. The summed E-state index contributed by atoms with van der Waals surface area (Å²) in [5.41, 5.74) is 11.2. The van der Waals surface area contributed by atoms with Crippen LogP contribution in [0.25, 0.3) is 28.2 Å². The molecular formula is C27H27ClN2. The standard InChI is InChI=1S/C27H27ClN2/c1-6-21-9-7-8-10-24(21)30-27(23-14-12-18(3)20(5)16-23)25(28)26(29-30)22-13-11-17(2)19(4)15-22/h7-16H,6H2,1-5H3. The molecular weight excluding hydrogens is 388 g/mol. The smallest absolute Gasteiger partial charge is 0.112 e. The van der Waals surface area contributed by atoms with Gasteiger partial charge in [0.2, 0.25) is 0 Å². The second kappa shape index (κ2) is 8.12. The van der Waals surface area contributed by atoms with Gasteiger partial charge in [-0.25, -0.2) is 4.68 Å². The molecule has 0 unspecified atom stereocenters. The van der Waals surface area contributed by atoms with Crippen LogP contribution in [0.15, 0.2) is 60.7 Å². The van der Waals surface area contributed by atoms with E-state index in [-0.39, 0.29) is 0 Å². The molecule has 0 aliphatic heterocycles. The molecule has 1 heterocycles. The molecule has 0 fully saturated rings. The summed E-state index contributed by atoms with van der Waals surface area (Å²) in [5, 5.41) is 5.73. The van der Waals surface area contributed by atoms with E-state index < -0.39 is 0 Å². The fraction of sp³-hybridized carbons (Fsp3) is 0.222. The van der Waals surface area contributed by atoms with E-state index in [1.165, 1.54) is 27.8 Å². The van der Waals surface area contributed by atoms with Crippen LogP contribution >= 0.6 is 11.6 Å². The van der Waals surface area contributed by atoms with Crippen LogP contribution in [-0.2, 0) is 6.42 Å². The lowest BCUT2D eigenvalue weighted by Crippen LogP contribution is -2.03. The van der Waals surface area contributed by atoms with Gasteiger partial charge in [-0.05, 0) is 80.1 Å². The molecule has 2 nitrogen and oxygen atoms in total. The number of halogens is 1. The number of para-hydroxylation sites is 1. The van der Waals surface area contributed by atoms with Gasteiger partial charge in [0, 0.05) is 11.1 Å². The number of hydrogen-bond acceptors (Lipinski definition) is 1. The van der Waals surface area contributed by atoms with Crippen molar-refractivity contribution in [2.45, 2.75) is 41.0 Å². The number of hydrogen-bond donors (Lipinski definition) is 0. The van der Waals surface area contributed by atoms with Crippen LogP contribution in [0.4, 0.5) is 0 Å². The molecule has 0 aliphatic carbocycles. The highest BCUT2D eigenvalue weighted by Gasteiger charge is 2.22. The molecule has 3 heteroatoms. The van der Waals surface area contributed by atoms with Gasteiger partial charge in [-0.1, -0.05) is 61.0 Å². The van der Waals surface area contributed by atoms with E-state index in [9.17, 15) is 0 Å². The normalized spacial score (nSPS) is 11.1. The van der Waals surface area contributed by atoms with Crippen LogP contribution in [-0.4, -0.2) is 9.78 Å². The second-order valence-electron chi connectivity index (χ2n) is 8.00. The molecule has 0 aliphatic rings.